The third-order valence-electron chi connectivity index (χ3n) is 3.99. The second kappa shape index (κ2) is 8.48. The van der Waals surface area contributed by atoms with Gasteiger partial charge in [0.05, 0.1) is 4.90 Å². The first-order valence-electron chi connectivity index (χ1n) is 8.54. The highest BCUT2D eigenvalue weighted by atomic mass is 32.2. The second-order valence-electron chi connectivity index (χ2n) is 6.60. The smallest absolute Gasteiger partial charge is 0.321 e. The van der Waals surface area contributed by atoms with E-state index in [-0.39, 0.29) is 16.8 Å². The van der Waals surface area contributed by atoms with Gasteiger partial charge in [-0.05, 0) is 43.0 Å². The first-order valence-corrected chi connectivity index (χ1v) is 10.0. The van der Waals surface area contributed by atoms with Crippen LogP contribution in [0.25, 0.3) is 0 Å². The zero-order chi connectivity index (χ0) is 17.6. The van der Waals surface area contributed by atoms with Crippen molar-refractivity contribution in [1.82, 2.24) is 9.62 Å². The average Bonchev–Trinajstić information content (AvgIpc) is 2.83. The number of benzene rings is 1. The quantitative estimate of drug-likeness (QED) is 0.854. The van der Waals surface area contributed by atoms with Crippen LogP contribution in [-0.4, -0.2) is 39.0 Å². The van der Waals surface area contributed by atoms with E-state index in [1.165, 1.54) is 25.0 Å². The Morgan fingerprint density at radius 2 is 1.67 bits per heavy atom. The molecule has 0 aliphatic carbocycles. The van der Waals surface area contributed by atoms with Crippen molar-refractivity contribution in [3.63, 3.8) is 0 Å². The number of amides is 2. The van der Waals surface area contributed by atoms with Gasteiger partial charge in [0.2, 0.25) is 10.0 Å². The van der Waals surface area contributed by atoms with Crippen LogP contribution in [0.1, 0.15) is 39.5 Å². The molecular formula is C17H27N3O3S. The summed E-state index contributed by atoms with van der Waals surface area (Å²) in [5, 5.41) is 2.84. The minimum Gasteiger partial charge on any atom is -0.325 e. The van der Waals surface area contributed by atoms with E-state index in [9.17, 15) is 13.2 Å². The molecule has 134 valence electrons. The predicted molar refractivity (Wildman–Crippen MR) is 95.5 cm³/mol. The number of carbonyl (C=O) groups is 1. The third kappa shape index (κ3) is 5.49. The molecule has 0 bridgehead atoms. The number of hydrogen-bond donors (Lipinski definition) is 2. The Labute approximate surface area is 144 Å². The van der Waals surface area contributed by atoms with Crippen molar-refractivity contribution in [1.29, 1.82) is 0 Å². The number of hydrogen-bond acceptors (Lipinski definition) is 3. The molecule has 0 saturated carbocycles. The summed E-state index contributed by atoms with van der Waals surface area (Å²) >= 11 is 0. The Kier molecular flexibility index (Phi) is 6.62. The van der Waals surface area contributed by atoms with E-state index in [0.717, 1.165) is 25.9 Å². The number of nitrogens with one attached hydrogen (secondary N) is 2. The highest BCUT2D eigenvalue weighted by Gasteiger charge is 2.17. The first kappa shape index (κ1) is 18.7. The molecule has 0 radical (unpaired) electrons. The SMILES string of the molecule is CC(C)CNS(=O)(=O)c1ccc(NC(=O)N2CCCCCC2)cc1. The third-order valence-corrected chi connectivity index (χ3v) is 5.43. The Morgan fingerprint density at radius 1 is 1.08 bits per heavy atom. The van der Waals surface area contributed by atoms with Crippen LogP contribution in [0.4, 0.5) is 10.5 Å². The van der Waals surface area contributed by atoms with Crippen molar-refractivity contribution in [2.75, 3.05) is 25.0 Å². The van der Waals surface area contributed by atoms with Gasteiger partial charge in [-0.15, -0.1) is 0 Å². The zero-order valence-electron chi connectivity index (χ0n) is 14.4. The van der Waals surface area contributed by atoms with E-state index < -0.39 is 10.0 Å². The number of rotatable bonds is 5. The molecule has 2 N–H and O–H groups in total. The van der Waals surface area contributed by atoms with Gasteiger partial charge < -0.3 is 10.2 Å². The maximum absolute atomic E-state index is 12.3. The van der Waals surface area contributed by atoms with Gasteiger partial charge in [0, 0.05) is 25.3 Å². The predicted octanol–water partition coefficient (Wildman–Crippen LogP) is 3.03. The fourth-order valence-electron chi connectivity index (χ4n) is 2.55. The van der Waals surface area contributed by atoms with Gasteiger partial charge in [0.25, 0.3) is 0 Å². The molecule has 0 spiro atoms. The summed E-state index contributed by atoms with van der Waals surface area (Å²) in [5.74, 6) is 0.243. The maximum Gasteiger partial charge on any atom is 0.321 e. The zero-order valence-corrected chi connectivity index (χ0v) is 15.2. The fraction of sp³-hybridized carbons (Fsp3) is 0.588. The molecule has 0 unspecified atom stereocenters. The van der Waals surface area contributed by atoms with Crippen LogP contribution in [0.15, 0.2) is 29.2 Å². The average molecular weight is 353 g/mol. The van der Waals surface area contributed by atoms with E-state index in [1.54, 1.807) is 12.1 Å². The van der Waals surface area contributed by atoms with Crippen LogP contribution in [0, 0.1) is 5.92 Å². The van der Waals surface area contributed by atoms with Crippen molar-refractivity contribution in [3.05, 3.63) is 24.3 Å². The number of nitrogens with zero attached hydrogens (tertiary/aromatic N) is 1. The molecule has 0 aromatic heterocycles. The van der Waals surface area contributed by atoms with Crippen LogP contribution in [0.2, 0.25) is 0 Å². The number of anilines is 1. The van der Waals surface area contributed by atoms with Gasteiger partial charge in [-0.3, -0.25) is 0 Å². The van der Waals surface area contributed by atoms with Crippen LogP contribution in [0.3, 0.4) is 0 Å². The number of sulfonamides is 1. The molecule has 7 heteroatoms. The molecule has 0 atom stereocenters. The van der Waals surface area contributed by atoms with Crippen molar-refractivity contribution in [2.45, 2.75) is 44.4 Å². The van der Waals surface area contributed by atoms with E-state index in [1.807, 2.05) is 18.7 Å². The van der Waals surface area contributed by atoms with E-state index in [0.29, 0.717) is 12.2 Å². The molecule has 1 aliphatic heterocycles. The topological polar surface area (TPSA) is 78.5 Å². The molecule has 6 nitrogen and oxygen atoms in total. The molecule has 1 heterocycles. The highest BCUT2D eigenvalue weighted by Crippen LogP contribution is 2.16. The highest BCUT2D eigenvalue weighted by molar-refractivity contribution is 7.89. The Balaban J connectivity index is 1.97. The number of urea groups is 1. The fourth-order valence-corrected chi connectivity index (χ4v) is 3.77. The van der Waals surface area contributed by atoms with Gasteiger partial charge in [-0.2, -0.15) is 0 Å². The standard InChI is InChI=1S/C17H27N3O3S/c1-14(2)13-18-24(22,23)16-9-7-15(8-10-16)19-17(21)20-11-5-3-4-6-12-20/h7-10,14,18H,3-6,11-13H2,1-2H3,(H,19,21). The lowest BCUT2D eigenvalue weighted by atomic mass is 10.2. The van der Waals surface area contributed by atoms with Gasteiger partial charge in [-0.25, -0.2) is 17.9 Å². The van der Waals surface area contributed by atoms with Crippen molar-refractivity contribution < 1.29 is 13.2 Å². The van der Waals surface area contributed by atoms with Crippen LogP contribution >= 0.6 is 0 Å². The maximum atomic E-state index is 12.3. The Morgan fingerprint density at radius 3 is 2.21 bits per heavy atom. The lowest BCUT2D eigenvalue weighted by Gasteiger charge is -2.20. The van der Waals surface area contributed by atoms with Crippen molar-refractivity contribution in [2.24, 2.45) is 5.92 Å². The van der Waals surface area contributed by atoms with E-state index >= 15 is 0 Å². The summed E-state index contributed by atoms with van der Waals surface area (Å²) in [6, 6.07) is 6.16. The second-order valence-corrected chi connectivity index (χ2v) is 8.37. The molecule has 24 heavy (non-hydrogen) atoms. The molecular weight excluding hydrogens is 326 g/mol. The van der Waals surface area contributed by atoms with Crippen LogP contribution in [0.5, 0.6) is 0 Å². The van der Waals surface area contributed by atoms with Crippen molar-refractivity contribution >= 4 is 21.7 Å². The van der Waals surface area contributed by atoms with Gasteiger partial charge in [0.15, 0.2) is 0 Å². The van der Waals surface area contributed by atoms with Crippen LogP contribution in [-0.2, 0) is 10.0 Å². The molecule has 1 aliphatic rings. The molecule has 1 aromatic rings. The molecule has 2 rings (SSSR count). The molecule has 2 amide bonds. The molecule has 1 fully saturated rings. The normalized spacial score (nSPS) is 16.0. The monoisotopic (exact) mass is 353 g/mol. The largest absolute Gasteiger partial charge is 0.325 e. The lowest BCUT2D eigenvalue weighted by molar-refractivity contribution is 0.214. The Bertz CT molecular complexity index is 634. The summed E-state index contributed by atoms with van der Waals surface area (Å²) in [6.07, 6.45) is 4.40. The molecule has 1 aromatic carbocycles. The molecule has 1 saturated heterocycles. The van der Waals surface area contributed by atoms with Gasteiger partial charge in [-0.1, -0.05) is 26.7 Å². The first-order chi connectivity index (χ1) is 11.4. The lowest BCUT2D eigenvalue weighted by Crippen LogP contribution is -2.35. The summed E-state index contributed by atoms with van der Waals surface area (Å²) in [7, 11) is -3.50. The summed E-state index contributed by atoms with van der Waals surface area (Å²) in [4.78, 5) is 14.3. The Hall–Kier alpha value is -1.60. The number of carbonyl (C=O) groups excluding carboxylic acids is 1. The summed E-state index contributed by atoms with van der Waals surface area (Å²) in [6.45, 7) is 5.85. The van der Waals surface area contributed by atoms with E-state index in [2.05, 4.69) is 10.0 Å². The van der Waals surface area contributed by atoms with E-state index in [4.69, 9.17) is 0 Å². The van der Waals surface area contributed by atoms with Gasteiger partial charge >= 0.3 is 6.03 Å². The minimum absolute atomic E-state index is 0.120. The summed E-state index contributed by atoms with van der Waals surface area (Å²) < 4.78 is 26.9. The van der Waals surface area contributed by atoms with Crippen molar-refractivity contribution in [3.8, 4) is 0 Å². The number of likely N-dealkylation sites (tertiary alicyclic amines) is 1. The van der Waals surface area contributed by atoms with Gasteiger partial charge in [0.1, 0.15) is 0 Å². The minimum atomic E-state index is -3.50. The summed E-state index contributed by atoms with van der Waals surface area (Å²) in [5.41, 5.74) is 0.604. The van der Waals surface area contributed by atoms with Crippen LogP contribution < -0.4 is 10.0 Å².